The average molecular weight is 244 g/mol. The minimum Gasteiger partial charge on any atom is -0.399 e. The van der Waals surface area contributed by atoms with Crippen molar-refractivity contribution in [3.63, 3.8) is 0 Å². The first kappa shape index (κ1) is 14.7. The summed E-state index contributed by atoms with van der Waals surface area (Å²) in [7, 11) is 0. The summed E-state index contributed by atoms with van der Waals surface area (Å²) in [6.45, 7) is 1.97. The highest BCUT2D eigenvalue weighted by Crippen LogP contribution is 2.08. The minimum absolute atomic E-state index is 0. The highest BCUT2D eigenvalue weighted by Gasteiger charge is 2.06. The largest absolute Gasteiger partial charge is 0.399 e. The van der Waals surface area contributed by atoms with Gasteiger partial charge in [-0.3, -0.25) is 4.79 Å². The van der Waals surface area contributed by atoms with E-state index in [1.165, 1.54) is 0 Å². The molecule has 0 saturated heterocycles. The minimum atomic E-state index is -0.133. The molecule has 1 aromatic rings. The van der Waals surface area contributed by atoms with Gasteiger partial charge in [0.15, 0.2) is 0 Å². The molecule has 5 heteroatoms. The Balaban J connectivity index is 0.00000225. The second-order valence-corrected chi connectivity index (χ2v) is 3.62. The Hall–Kier alpha value is -1.26. The highest BCUT2D eigenvalue weighted by molar-refractivity contribution is 5.85. The summed E-state index contributed by atoms with van der Waals surface area (Å²) in [6.07, 6.45) is 0.761. The lowest BCUT2D eigenvalue weighted by molar-refractivity contribution is -0.120. The lowest BCUT2D eigenvalue weighted by Crippen LogP contribution is -2.38. The van der Waals surface area contributed by atoms with Crippen LogP contribution in [0.2, 0.25) is 0 Å². The zero-order valence-corrected chi connectivity index (χ0v) is 10.1. The van der Waals surface area contributed by atoms with E-state index in [9.17, 15) is 4.79 Å². The summed E-state index contributed by atoms with van der Waals surface area (Å²) in [5.74, 6) is -0.133. The third-order valence-electron chi connectivity index (χ3n) is 2.09. The van der Waals surface area contributed by atoms with E-state index >= 15 is 0 Å². The maximum atomic E-state index is 11.0. The van der Waals surface area contributed by atoms with Crippen LogP contribution in [0.5, 0.6) is 0 Å². The van der Waals surface area contributed by atoms with E-state index in [0.29, 0.717) is 0 Å². The topological polar surface area (TPSA) is 81.1 Å². The van der Waals surface area contributed by atoms with Crippen molar-refractivity contribution in [2.75, 3.05) is 12.3 Å². The first-order valence-corrected chi connectivity index (χ1v) is 4.95. The third-order valence-corrected chi connectivity index (χ3v) is 2.09. The van der Waals surface area contributed by atoms with Gasteiger partial charge in [0, 0.05) is 11.7 Å². The first-order chi connectivity index (χ1) is 7.11. The van der Waals surface area contributed by atoms with Crippen molar-refractivity contribution in [1.29, 1.82) is 0 Å². The molecule has 0 fully saturated rings. The first-order valence-electron chi connectivity index (χ1n) is 4.95. The van der Waals surface area contributed by atoms with E-state index in [4.69, 9.17) is 11.5 Å². The van der Waals surface area contributed by atoms with E-state index < -0.39 is 0 Å². The Morgan fingerprint density at radius 1 is 1.50 bits per heavy atom. The number of anilines is 1. The smallest absolute Gasteiger partial charge is 0.233 e. The summed E-state index contributed by atoms with van der Waals surface area (Å²) >= 11 is 0. The van der Waals surface area contributed by atoms with E-state index in [0.717, 1.165) is 17.7 Å². The Bertz CT molecular complexity index is 344. The number of halogens is 1. The summed E-state index contributed by atoms with van der Waals surface area (Å²) < 4.78 is 0. The zero-order chi connectivity index (χ0) is 11.3. The van der Waals surface area contributed by atoms with Crippen LogP contribution >= 0.6 is 12.4 Å². The maximum absolute atomic E-state index is 11.0. The molecule has 0 aliphatic carbocycles. The van der Waals surface area contributed by atoms with Gasteiger partial charge in [0.2, 0.25) is 5.91 Å². The predicted octanol–water partition coefficient (Wildman–Crippen LogP) is 0.697. The molecule has 0 aromatic heterocycles. The van der Waals surface area contributed by atoms with E-state index in [2.05, 4.69) is 5.32 Å². The van der Waals surface area contributed by atoms with Crippen LogP contribution < -0.4 is 16.8 Å². The second-order valence-electron chi connectivity index (χ2n) is 3.62. The molecule has 0 aliphatic heterocycles. The maximum Gasteiger partial charge on any atom is 0.233 e. The Labute approximate surface area is 102 Å². The molecule has 90 valence electrons. The number of hydrogen-bond acceptors (Lipinski definition) is 3. The van der Waals surface area contributed by atoms with Crippen molar-refractivity contribution in [1.82, 2.24) is 5.32 Å². The molecule has 5 N–H and O–H groups in total. The zero-order valence-electron chi connectivity index (χ0n) is 9.27. The lowest BCUT2D eigenvalue weighted by atomic mass is 10.1. The number of carbonyl (C=O) groups excluding carboxylic acids is 1. The van der Waals surface area contributed by atoms with E-state index in [-0.39, 0.29) is 30.9 Å². The molecule has 4 nitrogen and oxygen atoms in total. The van der Waals surface area contributed by atoms with Gasteiger partial charge in [0.05, 0.1) is 6.54 Å². The molecule has 0 aliphatic rings. The lowest BCUT2D eigenvalue weighted by Gasteiger charge is -2.13. The van der Waals surface area contributed by atoms with Crippen LogP contribution in [0.4, 0.5) is 5.69 Å². The Kier molecular flexibility index (Phi) is 6.53. The molecule has 1 unspecified atom stereocenters. The third kappa shape index (κ3) is 5.00. The van der Waals surface area contributed by atoms with Crippen LogP contribution in [-0.2, 0) is 11.2 Å². The van der Waals surface area contributed by atoms with Gasteiger partial charge in [-0.1, -0.05) is 12.1 Å². The van der Waals surface area contributed by atoms with Crippen LogP contribution in [0, 0.1) is 0 Å². The summed E-state index contributed by atoms with van der Waals surface area (Å²) in [5, 5.41) is 2.79. The van der Waals surface area contributed by atoms with E-state index in [1.54, 1.807) is 0 Å². The Morgan fingerprint density at radius 3 is 2.75 bits per heavy atom. The molecule has 1 aromatic carbocycles. The number of nitrogens with one attached hydrogen (secondary N) is 1. The molecule has 1 rings (SSSR count). The van der Waals surface area contributed by atoms with Crippen LogP contribution in [0.15, 0.2) is 24.3 Å². The number of nitrogens with two attached hydrogens (primary N) is 2. The van der Waals surface area contributed by atoms with Crippen LogP contribution in [0.3, 0.4) is 0 Å². The molecule has 16 heavy (non-hydrogen) atoms. The Morgan fingerprint density at radius 2 is 2.19 bits per heavy atom. The highest BCUT2D eigenvalue weighted by atomic mass is 35.5. The van der Waals surface area contributed by atoms with Crippen molar-refractivity contribution >= 4 is 24.0 Å². The average Bonchev–Trinajstić information content (AvgIpc) is 2.17. The molecule has 0 bridgehead atoms. The van der Waals surface area contributed by atoms with Crippen molar-refractivity contribution < 1.29 is 4.79 Å². The van der Waals surface area contributed by atoms with Crippen LogP contribution in [-0.4, -0.2) is 18.5 Å². The molecule has 1 atom stereocenters. The molecule has 0 spiro atoms. The number of nitrogen functional groups attached to an aromatic ring is 1. The molecular formula is C11H18ClN3O. The number of benzene rings is 1. The van der Waals surface area contributed by atoms with Gasteiger partial charge in [-0.2, -0.15) is 0 Å². The van der Waals surface area contributed by atoms with Gasteiger partial charge >= 0.3 is 0 Å². The van der Waals surface area contributed by atoms with Crippen molar-refractivity contribution in [2.24, 2.45) is 5.73 Å². The molecule has 1 amide bonds. The van der Waals surface area contributed by atoms with E-state index in [1.807, 2.05) is 31.2 Å². The summed E-state index contributed by atoms with van der Waals surface area (Å²) in [5.41, 5.74) is 12.7. The number of hydrogen-bond donors (Lipinski definition) is 3. The predicted molar refractivity (Wildman–Crippen MR) is 68.5 cm³/mol. The summed E-state index contributed by atoms with van der Waals surface area (Å²) in [4.78, 5) is 11.0. The fourth-order valence-electron chi connectivity index (χ4n) is 1.46. The molecule has 0 heterocycles. The van der Waals surface area contributed by atoms with Gasteiger partial charge in [-0.05, 0) is 31.0 Å². The summed E-state index contributed by atoms with van der Waals surface area (Å²) in [6, 6.07) is 7.71. The molecular weight excluding hydrogens is 226 g/mol. The quantitative estimate of drug-likeness (QED) is 0.681. The monoisotopic (exact) mass is 243 g/mol. The number of carbonyl (C=O) groups is 1. The van der Waals surface area contributed by atoms with Crippen LogP contribution in [0.25, 0.3) is 0 Å². The second kappa shape index (κ2) is 7.09. The van der Waals surface area contributed by atoms with Gasteiger partial charge in [0.1, 0.15) is 0 Å². The van der Waals surface area contributed by atoms with Crippen molar-refractivity contribution in [2.45, 2.75) is 19.4 Å². The number of rotatable bonds is 4. The van der Waals surface area contributed by atoms with Gasteiger partial charge in [0.25, 0.3) is 0 Å². The normalized spacial score (nSPS) is 11.4. The van der Waals surface area contributed by atoms with Gasteiger partial charge in [-0.15, -0.1) is 12.4 Å². The molecule has 0 saturated carbocycles. The SMILES string of the molecule is CC(Cc1cccc(N)c1)NC(=O)CN.Cl. The molecule has 0 radical (unpaired) electrons. The van der Waals surface area contributed by atoms with Gasteiger partial charge in [-0.25, -0.2) is 0 Å². The number of amides is 1. The van der Waals surface area contributed by atoms with Crippen molar-refractivity contribution in [3.8, 4) is 0 Å². The fraction of sp³-hybridized carbons (Fsp3) is 0.364. The van der Waals surface area contributed by atoms with Crippen LogP contribution in [0.1, 0.15) is 12.5 Å². The standard InChI is InChI=1S/C11H17N3O.ClH/c1-8(14-11(15)7-12)5-9-3-2-4-10(13)6-9;/h2-4,6,8H,5,7,12-13H2,1H3,(H,14,15);1H. The van der Waals surface area contributed by atoms with Gasteiger partial charge < -0.3 is 16.8 Å². The fourth-order valence-corrected chi connectivity index (χ4v) is 1.46. The van der Waals surface area contributed by atoms with Crippen molar-refractivity contribution in [3.05, 3.63) is 29.8 Å².